The molecule has 0 heterocycles. The van der Waals surface area contributed by atoms with Gasteiger partial charge in [-0.15, -0.1) is 0 Å². The summed E-state index contributed by atoms with van der Waals surface area (Å²) in [5, 5.41) is 12.5. The Morgan fingerprint density at radius 1 is 1.42 bits per heavy atom. The van der Waals surface area contributed by atoms with Crippen LogP contribution in [-0.4, -0.2) is 32.8 Å². The fourth-order valence-corrected chi connectivity index (χ4v) is 2.03. The zero-order valence-corrected chi connectivity index (χ0v) is 12.2. The van der Waals surface area contributed by atoms with Gasteiger partial charge in [0.2, 0.25) is 0 Å². The second-order valence-electron chi connectivity index (χ2n) is 4.82. The molecule has 1 aromatic rings. The van der Waals surface area contributed by atoms with Crippen molar-refractivity contribution in [2.75, 3.05) is 32.1 Å². The number of anilines is 1. The minimum Gasteiger partial charge on any atom is -0.495 e. The summed E-state index contributed by atoms with van der Waals surface area (Å²) in [6.45, 7) is 5.53. The molecule has 104 valence electrons. The molecular formula is C15H23N3O. The molecule has 1 rings (SSSR count). The van der Waals surface area contributed by atoms with Crippen molar-refractivity contribution in [3.63, 3.8) is 0 Å². The summed E-state index contributed by atoms with van der Waals surface area (Å²) in [6, 6.07) is 10.3. The molecule has 1 unspecified atom stereocenters. The quantitative estimate of drug-likeness (QED) is 0.819. The predicted octanol–water partition coefficient (Wildman–Crippen LogP) is 2.41. The van der Waals surface area contributed by atoms with Gasteiger partial charge in [-0.2, -0.15) is 5.26 Å². The lowest BCUT2D eigenvalue weighted by molar-refractivity contribution is 0.411. The molecule has 0 fully saturated rings. The van der Waals surface area contributed by atoms with E-state index in [0.29, 0.717) is 0 Å². The molecule has 1 aromatic carbocycles. The Hall–Kier alpha value is -1.73. The maximum Gasteiger partial charge on any atom is 0.142 e. The zero-order chi connectivity index (χ0) is 14.3. The number of para-hydroxylation sites is 2. The molecule has 1 atom stereocenters. The van der Waals surface area contributed by atoms with Crippen LogP contribution >= 0.6 is 0 Å². The molecular weight excluding hydrogens is 238 g/mol. The van der Waals surface area contributed by atoms with Gasteiger partial charge < -0.3 is 9.64 Å². The average molecular weight is 261 g/mol. The summed E-state index contributed by atoms with van der Waals surface area (Å²) >= 11 is 0. The highest BCUT2D eigenvalue weighted by Crippen LogP contribution is 2.27. The minimum atomic E-state index is -0.481. The number of nitrogens with one attached hydrogen (secondary N) is 1. The lowest BCUT2D eigenvalue weighted by Crippen LogP contribution is -2.43. The van der Waals surface area contributed by atoms with Crippen molar-refractivity contribution in [3.05, 3.63) is 24.3 Å². The normalized spacial score (nSPS) is 13.4. The Morgan fingerprint density at radius 3 is 2.68 bits per heavy atom. The first-order valence-corrected chi connectivity index (χ1v) is 6.56. The second-order valence-corrected chi connectivity index (χ2v) is 4.82. The van der Waals surface area contributed by atoms with Crippen molar-refractivity contribution >= 4 is 5.69 Å². The van der Waals surface area contributed by atoms with E-state index in [1.54, 1.807) is 7.11 Å². The third-order valence-corrected chi connectivity index (χ3v) is 3.26. The molecule has 1 N–H and O–H groups in total. The van der Waals surface area contributed by atoms with Crippen LogP contribution in [0.2, 0.25) is 0 Å². The summed E-state index contributed by atoms with van der Waals surface area (Å²) in [5.74, 6) is 0.854. The Morgan fingerprint density at radius 2 is 2.11 bits per heavy atom. The molecule has 4 heteroatoms. The van der Waals surface area contributed by atoms with Gasteiger partial charge in [-0.05, 0) is 32.0 Å². The van der Waals surface area contributed by atoms with Crippen LogP contribution in [0.4, 0.5) is 5.69 Å². The van der Waals surface area contributed by atoms with Crippen molar-refractivity contribution in [3.8, 4) is 11.8 Å². The summed E-state index contributed by atoms with van der Waals surface area (Å²) in [4.78, 5) is 2.12. The fourth-order valence-electron chi connectivity index (χ4n) is 2.03. The fraction of sp³-hybridized carbons (Fsp3) is 0.533. The summed E-state index contributed by atoms with van der Waals surface area (Å²) in [6.07, 6.45) is 0.756. The standard InChI is InChI=1S/C15H23N3O/c1-5-17-15(2,12-16)10-11-18(3)13-8-6-7-9-14(13)19-4/h6-9,17H,5,10-11H2,1-4H3. The number of methoxy groups -OCH3 is 1. The Labute approximate surface area is 116 Å². The number of nitriles is 1. The molecule has 0 aliphatic rings. The minimum absolute atomic E-state index is 0.481. The van der Waals surface area contributed by atoms with Crippen LogP contribution in [0, 0.1) is 11.3 Å². The first kappa shape index (κ1) is 15.3. The third-order valence-electron chi connectivity index (χ3n) is 3.26. The maximum atomic E-state index is 9.24. The average Bonchev–Trinajstić information content (AvgIpc) is 2.45. The van der Waals surface area contributed by atoms with Gasteiger partial charge in [0.05, 0.1) is 18.9 Å². The number of ether oxygens (including phenoxy) is 1. The zero-order valence-electron chi connectivity index (χ0n) is 12.2. The van der Waals surface area contributed by atoms with Crippen molar-refractivity contribution in [2.24, 2.45) is 0 Å². The van der Waals surface area contributed by atoms with Crippen LogP contribution in [0.5, 0.6) is 5.75 Å². The highest BCUT2D eigenvalue weighted by molar-refractivity contribution is 5.57. The van der Waals surface area contributed by atoms with Gasteiger partial charge in [-0.1, -0.05) is 19.1 Å². The Balaban J connectivity index is 2.70. The van der Waals surface area contributed by atoms with E-state index in [4.69, 9.17) is 4.74 Å². The number of hydrogen-bond acceptors (Lipinski definition) is 4. The van der Waals surface area contributed by atoms with E-state index in [1.807, 2.05) is 45.2 Å². The monoisotopic (exact) mass is 261 g/mol. The largest absolute Gasteiger partial charge is 0.495 e. The lowest BCUT2D eigenvalue weighted by atomic mass is 9.99. The van der Waals surface area contributed by atoms with Gasteiger partial charge in [0.1, 0.15) is 11.3 Å². The van der Waals surface area contributed by atoms with E-state index in [-0.39, 0.29) is 0 Å². The van der Waals surface area contributed by atoms with Gasteiger partial charge >= 0.3 is 0 Å². The molecule has 4 nitrogen and oxygen atoms in total. The lowest BCUT2D eigenvalue weighted by Gasteiger charge is -2.27. The number of rotatable bonds is 7. The van der Waals surface area contributed by atoms with Crippen molar-refractivity contribution in [1.29, 1.82) is 5.26 Å². The van der Waals surface area contributed by atoms with Crippen LogP contribution < -0.4 is 15.0 Å². The van der Waals surface area contributed by atoms with E-state index >= 15 is 0 Å². The topological polar surface area (TPSA) is 48.3 Å². The summed E-state index contributed by atoms with van der Waals surface area (Å²) in [7, 11) is 3.69. The number of hydrogen-bond donors (Lipinski definition) is 1. The van der Waals surface area contributed by atoms with Crippen LogP contribution in [-0.2, 0) is 0 Å². The predicted molar refractivity (Wildman–Crippen MR) is 78.6 cm³/mol. The van der Waals surface area contributed by atoms with Crippen LogP contribution in [0.25, 0.3) is 0 Å². The molecule has 0 saturated carbocycles. The molecule has 0 aromatic heterocycles. The first-order chi connectivity index (χ1) is 9.06. The van der Waals surface area contributed by atoms with E-state index < -0.39 is 5.54 Å². The summed E-state index contributed by atoms with van der Waals surface area (Å²) < 4.78 is 5.35. The van der Waals surface area contributed by atoms with Crippen molar-refractivity contribution < 1.29 is 4.74 Å². The third kappa shape index (κ3) is 4.15. The van der Waals surface area contributed by atoms with E-state index in [2.05, 4.69) is 16.3 Å². The first-order valence-electron chi connectivity index (χ1n) is 6.56. The highest BCUT2D eigenvalue weighted by atomic mass is 16.5. The molecule has 19 heavy (non-hydrogen) atoms. The van der Waals surface area contributed by atoms with E-state index in [9.17, 15) is 5.26 Å². The van der Waals surface area contributed by atoms with Crippen LogP contribution in [0.15, 0.2) is 24.3 Å². The molecule has 0 radical (unpaired) electrons. The van der Waals surface area contributed by atoms with E-state index in [0.717, 1.165) is 30.9 Å². The Bertz CT molecular complexity index is 441. The molecule has 0 aliphatic heterocycles. The molecule has 0 aliphatic carbocycles. The van der Waals surface area contributed by atoms with Gasteiger partial charge in [-0.25, -0.2) is 0 Å². The van der Waals surface area contributed by atoms with Gasteiger partial charge in [0.15, 0.2) is 0 Å². The molecule has 0 bridgehead atoms. The molecule has 0 amide bonds. The SMILES string of the molecule is CCNC(C)(C#N)CCN(C)c1ccccc1OC. The maximum absolute atomic E-state index is 9.24. The van der Waals surface area contributed by atoms with Gasteiger partial charge in [0, 0.05) is 13.6 Å². The number of nitrogens with zero attached hydrogens (tertiary/aromatic N) is 2. The van der Waals surface area contributed by atoms with Gasteiger partial charge in [-0.3, -0.25) is 5.32 Å². The molecule has 0 spiro atoms. The molecule has 0 saturated heterocycles. The van der Waals surface area contributed by atoms with Crippen molar-refractivity contribution in [1.82, 2.24) is 5.32 Å². The second kappa shape index (κ2) is 7.01. The van der Waals surface area contributed by atoms with E-state index in [1.165, 1.54) is 0 Å². The smallest absolute Gasteiger partial charge is 0.142 e. The van der Waals surface area contributed by atoms with Crippen LogP contribution in [0.1, 0.15) is 20.3 Å². The number of benzene rings is 1. The van der Waals surface area contributed by atoms with Crippen LogP contribution in [0.3, 0.4) is 0 Å². The summed E-state index contributed by atoms with van der Waals surface area (Å²) in [5.41, 5.74) is 0.562. The van der Waals surface area contributed by atoms with Crippen molar-refractivity contribution in [2.45, 2.75) is 25.8 Å². The van der Waals surface area contributed by atoms with Gasteiger partial charge in [0.25, 0.3) is 0 Å². The Kier molecular flexibility index (Phi) is 5.65. The highest BCUT2D eigenvalue weighted by Gasteiger charge is 2.22.